The molecule has 3 N–H and O–H groups in total. The number of nitrogens with one attached hydrogen (secondary N) is 1. The van der Waals surface area contributed by atoms with Gasteiger partial charge in [-0.2, -0.15) is 0 Å². The molecule has 0 unspecified atom stereocenters. The summed E-state index contributed by atoms with van der Waals surface area (Å²) in [5, 5.41) is 5.31. The maximum atomic E-state index is 12.1. The summed E-state index contributed by atoms with van der Waals surface area (Å²) in [4.78, 5) is 13.4. The van der Waals surface area contributed by atoms with E-state index in [1.54, 1.807) is 23.5 Å². The van der Waals surface area contributed by atoms with Crippen molar-refractivity contribution >= 4 is 35.9 Å². The Balaban J connectivity index is 0.000000575. The summed E-state index contributed by atoms with van der Waals surface area (Å²) >= 11 is 1.68. The standard InChI is InChI=1S/C18H20N4O2S.BF4/c1-21-6-7-22(13-21)8-9-24-18(23)14-4-5-17(16(19)11-14)20-12-15-3-2-10-25-15;2-1(3,4)5/h2-7,10-11,13H,8-9,12,19H2,1H3;/q;-1/p+1. The molecule has 3 aromatic rings. The van der Waals surface area contributed by atoms with Crippen LogP contribution < -0.4 is 15.6 Å². The minimum atomic E-state index is -6.00. The van der Waals surface area contributed by atoms with Crippen molar-refractivity contribution in [3.05, 3.63) is 64.9 Å². The molecule has 2 aromatic heterocycles. The van der Waals surface area contributed by atoms with Gasteiger partial charge in [-0.05, 0) is 29.6 Å². The summed E-state index contributed by atoms with van der Waals surface area (Å²) in [6, 6.07) is 9.26. The van der Waals surface area contributed by atoms with E-state index in [1.165, 1.54) is 4.88 Å². The predicted octanol–water partition coefficient (Wildman–Crippen LogP) is 3.73. The number of carbonyl (C=O) groups is 1. The molecule has 6 nitrogen and oxygen atoms in total. The molecule has 0 atom stereocenters. The SMILES string of the molecule is C[n+]1ccn(CCOC(=O)c2ccc(NCc3cccs3)c(N)c2)c1.F[B-](F)(F)F. The molecule has 12 heteroatoms. The third-order valence-electron chi connectivity index (χ3n) is 3.73. The van der Waals surface area contributed by atoms with Crippen molar-refractivity contribution in [2.45, 2.75) is 13.1 Å². The van der Waals surface area contributed by atoms with Crippen LogP contribution in [0, 0.1) is 0 Å². The lowest BCUT2D eigenvalue weighted by atomic mass is 10.1. The van der Waals surface area contributed by atoms with Crippen LogP contribution in [0.3, 0.4) is 0 Å². The number of nitrogens with two attached hydrogens (primary N) is 1. The first-order valence-corrected chi connectivity index (χ1v) is 9.71. The molecule has 0 aliphatic rings. The van der Waals surface area contributed by atoms with Crippen LogP contribution >= 0.6 is 11.3 Å². The van der Waals surface area contributed by atoms with Crippen LogP contribution in [0.25, 0.3) is 0 Å². The number of rotatable bonds is 7. The van der Waals surface area contributed by atoms with Crippen LogP contribution in [0.5, 0.6) is 0 Å². The highest BCUT2D eigenvalue weighted by Crippen LogP contribution is 2.22. The molecule has 0 spiro atoms. The molecule has 2 heterocycles. The molecule has 162 valence electrons. The molecule has 1 aromatic carbocycles. The van der Waals surface area contributed by atoms with Crippen molar-refractivity contribution in [3.8, 4) is 0 Å². The van der Waals surface area contributed by atoms with Crippen LogP contribution in [0.2, 0.25) is 0 Å². The number of aryl methyl sites for hydroxylation is 1. The Morgan fingerprint density at radius 3 is 2.60 bits per heavy atom. The maximum absolute atomic E-state index is 12.1. The van der Waals surface area contributed by atoms with Gasteiger partial charge in [-0.3, -0.25) is 0 Å². The van der Waals surface area contributed by atoms with Gasteiger partial charge in [0, 0.05) is 11.4 Å². The lowest BCUT2D eigenvalue weighted by molar-refractivity contribution is -0.671. The number of ether oxygens (including phenoxy) is 1. The molecular formula is C18H21BF4N4O2S. The van der Waals surface area contributed by atoms with E-state index in [0.717, 1.165) is 5.69 Å². The second-order valence-electron chi connectivity index (χ2n) is 6.18. The molecule has 3 rings (SSSR count). The van der Waals surface area contributed by atoms with Crippen LogP contribution in [-0.4, -0.2) is 24.4 Å². The van der Waals surface area contributed by atoms with E-state index >= 15 is 0 Å². The highest BCUT2D eigenvalue weighted by Gasteiger charge is 2.20. The lowest BCUT2D eigenvalue weighted by Crippen LogP contribution is -2.24. The smallest absolute Gasteiger partial charge is 0.458 e. The van der Waals surface area contributed by atoms with Crippen molar-refractivity contribution in [3.63, 3.8) is 0 Å². The molecule has 0 fully saturated rings. The van der Waals surface area contributed by atoms with Crippen LogP contribution in [0.4, 0.5) is 28.6 Å². The summed E-state index contributed by atoms with van der Waals surface area (Å²) in [5.74, 6) is -0.368. The van der Waals surface area contributed by atoms with Gasteiger partial charge in [0.15, 0.2) is 0 Å². The van der Waals surface area contributed by atoms with Crippen LogP contribution in [-0.2, 0) is 24.9 Å². The van der Waals surface area contributed by atoms with E-state index in [9.17, 15) is 22.1 Å². The number of thiophene rings is 1. The van der Waals surface area contributed by atoms with E-state index in [2.05, 4.69) is 11.4 Å². The van der Waals surface area contributed by atoms with E-state index in [0.29, 0.717) is 30.9 Å². The number of benzene rings is 1. The second kappa shape index (κ2) is 10.7. The Kier molecular flexibility index (Phi) is 8.28. The quantitative estimate of drug-likeness (QED) is 0.192. The van der Waals surface area contributed by atoms with Crippen molar-refractivity contribution in [1.29, 1.82) is 0 Å². The fourth-order valence-electron chi connectivity index (χ4n) is 2.41. The predicted molar refractivity (Wildman–Crippen MR) is 109 cm³/mol. The molecule has 0 saturated carbocycles. The number of halogens is 4. The second-order valence-corrected chi connectivity index (χ2v) is 7.21. The Labute approximate surface area is 175 Å². The lowest BCUT2D eigenvalue weighted by Gasteiger charge is -2.10. The molecule has 0 amide bonds. The highest BCUT2D eigenvalue weighted by atomic mass is 32.1. The van der Waals surface area contributed by atoms with Gasteiger partial charge in [0.1, 0.15) is 25.5 Å². The first kappa shape index (κ1) is 23.3. The highest BCUT2D eigenvalue weighted by molar-refractivity contribution is 7.09. The molecule has 0 saturated heterocycles. The first-order valence-electron chi connectivity index (χ1n) is 8.83. The van der Waals surface area contributed by atoms with Gasteiger partial charge in [0.05, 0.1) is 24.0 Å². The van der Waals surface area contributed by atoms with E-state index in [4.69, 9.17) is 10.5 Å². The summed E-state index contributed by atoms with van der Waals surface area (Å²) in [6.07, 6.45) is 5.80. The van der Waals surface area contributed by atoms with E-state index < -0.39 is 7.25 Å². The summed E-state index contributed by atoms with van der Waals surface area (Å²) in [5.41, 5.74) is 7.84. The molecule has 0 bridgehead atoms. The van der Waals surface area contributed by atoms with E-state index in [1.807, 2.05) is 52.4 Å². The molecule has 0 radical (unpaired) electrons. The number of hydrogen-bond acceptors (Lipinski definition) is 5. The summed E-state index contributed by atoms with van der Waals surface area (Å²) in [7, 11) is -4.06. The molecule has 30 heavy (non-hydrogen) atoms. The maximum Gasteiger partial charge on any atom is 0.673 e. The number of aromatic nitrogens is 2. The normalized spacial score (nSPS) is 10.8. The Morgan fingerprint density at radius 2 is 2.03 bits per heavy atom. The van der Waals surface area contributed by atoms with Gasteiger partial charge in [-0.15, -0.1) is 11.3 Å². The van der Waals surface area contributed by atoms with Crippen LogP contribution in [0.1, 0.15) is 15.2 Å². The Hall–Kier alpha value is -3.02. The molecular weight excluding hydrogens is 423 g/mol. The van der Waals surface area contributed by atoms with Gasteiger partial charge in [0.2, 0.25) is 6.33 Å². The largest absolute Gasteiger partial charge is 0.673 e. The first-order chi connectivity index (χ1) is 14.1. The average Bonchev–Trinajstić information content (AvgIpc) is 3.31. The van der Waals surface area contributed by atoms with Crippen molar-refractivity contribution < 1.29 is 31.4 Å². The number of nitrogens with zero attached hydrogens (tertiary/aromatic N) is 2. The minimum absolute atomic E-state index is 0.311. The monoisotopic (exact) mass is 444 g/mol. The zero-order chi connectivity index (χ0) is 22.1. The van der Waals surface area contributed by atoms with Crippen molar-refractivity contribution in [1.82, 2.24) is 4.57 Å². The zero-order valence-corrected chi connectivity index (χ0v) is 16.9. The zero-order valence-electron chi connectivity index (χ0n) is 16.1. The summed E-state index contributed by atoms with van der Waals surface area (Å²) in [6.45, 7) is 1.63. The van der Waals surface area contributed by atoms with Gasteiger partial charge >= 0.3 is 13.2 Å². The number of nitrogen functional groups attached to an aromatic ring is 1. The Bertz CT molecular complexity index is 942. The fraction of sp³-hybridized carbons (Fsp3) is 0.222. The number of imidazole rings is 1. The number of anilines is 2. The average molecular weight is 444 g/mol. The number of esters is 1. The van der Waals surface area contributed by atoms with Crippen molar-refractivity contribution in [2.75, 3.05) is 17.7 Å². The van der Waals surface area contributed by atoms with Gasteiger partial charge in [0.25, 0.3) is 0 Å². The fourth-order valence-corrected chi connectivity index (χ4v) is 3.05. The van der Waals surface area contributed by atoms with Gasteiger partial charge in [-0.1, -0.05) is 6.07 Å². The molecule has 0 aliphatic carbocycles. The Morgan fingerprint density at radius 1 is 1.30 bits per heavy atom. The van der Waals surface area contributed by atoms with Gasteiger partial charge in [-0.25, -0.2) is 13.9 Å². The number of carbonyl (C=O) groups excluding carboxylic acids is 1. The third kappa shape index (κ3) is 8.56. The topological polar surface area (TPSA) is 73.2 Å². The summed E-state index contributed by atoms with van der Waals surface area (Å²) < 4.78 is 48.2. The van der Waals surface area contributed by atoms with Gasteiger partial charge < -0.3 is 33.0 Å². The third-order valence-corrected chi connectivity index (χ3v) is 4.60. The van der Waals surface area contributed by atoms with Crippen molar-refractivity contribution in [2.24, 2.45) is 7.05 Å². The van der Waals surface area contributed by atoms with E-state index in [-0.39, 0.29) is 5.97 Å². The van der Waals surface area contributed by atoms with Crippen LogP contribution in [0.15, 0.2) is 54.4 Å². The minimum Gasteiger partial charge on any atom is -0.458 e. The number of hydrogen-bond donors (Lipinski definition) is 2. The molecule has 0 aliphatic heterocycles.